The molecule has 1 heterocycles. The zero-order valence-corrected chi connectivity index (χ0v) is 9.98. The molecule has 4 heteroatoms. The number of fused-ring (bicyclic) bond motifs is 1. The molecule has 0 fully saturated rings. The molecule has 0 saturated heterocycles. The predicted molar refractivity (Wildman–Crippen MR) is 57.2 cm³/mol. The van der Waals surface area contributed by atoms with Crippen molar-refractivity contribution in [3.8, 4) is 11.8 Å². The van der Waals surface area contributed by atoms with Gasteiger partial charge in [0.15, 0.2) is 0 Å². The third kappa shape index (κ3) is 1.61. The monoisotopic (exact) mass is 269 g/mol. The molecule has 0 atom stereocenters. The molecule has 1 aromatic carbocycles. The molecule has 0 radical (unpaired) electrons. The largest absolute Gasteiger partial charge is 0.486 e. The van der Waals surface area contributed by atoms with Crippen molar-refractivity contribution < 1.29 is 9.13 Å². The van der Waals surface area contributed by atoms with E-state index in [-0.39, 0.29) is 11.2 Å². The molecule has 0 N–H and O–H groups in total. The lowest BCUT2D eigenvalue weighted by Crippen LogP contribution is -2.24. The van der Waals surface area contributed by atoms with E-state index in [4.69, 9.17) is 10.00 Å². The Morgan fingerprint density at radius 1 is 1.60 bits per heavy atom. The SMILES string of the molecule is CC1(C)Cc2c(Br)cc(F)c(C#N)c2O1. The van der Waals surface area contributed by atoms with E-state index in [2.05, 4.69) is 15.9 Å². The fraction of sp³-hybridized carbons (Fsp3) is 0.364. The van der Waals surface area contributed by atoms with Crippen LogP contribution in [0.4, 0.5) is 4.39 Å². The minimum absolute atomic E-state index is 0.00113. The second kappa shape index (κ2) is 3.21. The molecule has 0 bridgehead atoms. The van der Waals surface area contributed by atoms with Crippen LogP contribution in [-0.2, 0) is 6.42 Å². The molecule has 0 spiro atoms. The van der Waals surface area contributed by atoms with Crippen LogP contribution in [0.3, 0.4) is 0 Å². The average Bonchev–Trinajstić information content (AvgIpc) is 2.42. The lowest BCUT2D eigenvalue weighted by atomic mass is 10.0. The van der Waals surface area contributed by atoms with E-state index < -0.39 is 5.82 Å². The number of ether oxygens (including phenoxy) is 1. The first-order valence-electron chi connectivity index (χ1n) is 4.54. The molecule has 0 aliphatic carbocycles. The van der Waals surface area contributed by atoms with Gasteiger partial charge in [-0.05, 0) is 19.9 Å². The summed E-state index contributed by atoms with van der Waals surface area (Å²) in [6, 6.07) is 3.16. The summed E-state index contributed by atoms with van der Waals surface area (Å²) in [5.74, 6) is -0.157. The van der Waals surface area contributed by atoms with E-state index in [1.807, 2.05) is 19.9 Å². The van der Waals surface area contributed by atoms with Crippen molar-refractivity contribution in [1.29, 1.82) is 5.26 Å². The number of nitriles is 1. The number of hydrogen-bond acceptors (Lipinski definition) is 2. The van der Waals surface area contributed by atoms with Crippen molar-refractivity contribution in [3.63, 3.8) is 0 Å². The summed E-state index contributed by atoms with van der Waals surface area (Å²) in [5.41, 5.74) is 0.501. The molecule has 0 saturated carbocycles. The summed E-state index contributed by atoms with van der Waals surface area (Å²) in [6.45, 7) is 3.83. The van der Waals surface area contributed by atoms with Crippen molar-refractivity contribution in [1.82, 2.24) is 0 Å². The fourth-order valence-corrected chi connectivity index (χ4v) is 2.28. The predicted octanol–water partition coefficient (Wildman–Crippen LogP) is 3.17. The molecule has 78 valence electrons. The van der Waals surface area contributed by atoms with Crippen LogP contribution in [-0.4, -0.2) is 5.60 Å². The standard InChI is InChI=1S/C11H9BrFNO/c1-11(2)4-6-8(12)3-9(13)7(5-14)10(6)15-11/h3H,4H2,1-2H3. The maximum absolute atomic E-state index is 13.4. The van der Waals surface area contributed by atoms with Crippen molar-refractivity contribution in [2.45, 2.75) is 25.9 Å². The van der Waals surface area contributed by atoms with Crippen LogP contribution in [0.1, 0.15) is 25.0 Å². The molecule has 1 aromatic rings. The van der Waals surface area contributed by atoms with Gasteiger partial charge in [-0.25, -0.2) is 4.39 Å². The van der Waals surface area contributed by atoms with Crippen molar-refractivity contribution in [2.24, 2.45) is 0 Å². The first kappa shape index (κ1) is 10.4. The normalized spacial score (nSPS) is 16.7. The highest BCUT2D eigenvalue weighted by atomic mass is 79.9. The van der Waals surface area contributed by atoms with Crippen LogP contribution >= 0.6 is 15.9 Å². The first-order chi connectivity index (χ1) is 6.94. The van der Waals surface area contributed by atoms with Crippen LogP contribution in [0.2, 0.25) is 0 Å². The zero-order chi connectivity index (χ0) is 11.2. The molecule has 1 aliphatic rings. The molecule has 0 amide bonds. The Morgan fingerprint density at radius 2 is 2.27 bits per heavy atom. The van der Waals surface area contributed by atoms with Crippen molar-refractivity contribution >= 4 is 15.9 Å². The Kier molecular flexibility index (Phi) is 2.23. The van der Waals surface area contributed by atoms with Gasteiger partial charge in [0.25, 0.3) is 0 Å². The van der Waals surface area contributed by atoms with Gasteiger partial charge in [0.05, 0.1) is 0 Å². The maximum Gasteiger partial charge on any atom is 0.145 e. The van der Waals surface area contributed by atoms with Gasteiger partial charge >= 0.3 is 0 Å². The van der Waals surface area contributed by atoms with Crippen LogP contribution < -0.4 is 4.74 Å². The fourth-order valence-electron chi connectivity index (χ4n) is 1.76. The summed E-state index contributed by atoms with van der Waals surface area (Å²) in [6.07, 6.45) is 0.678. The third-order valence-corrected chi connectivity index (χ3v) is 3.08. The van der Waals surface area contributed by atoms with Gasteiger partial charge in [0.2, 0.25) is 0 Å². The van der Waals surface area contributed by atoms with Gasteiger partial charge in [-0.15, -0.1) is 0 Å². The quantitative estimate of drug-likeness (QED) is 0.725. The summed E-state index contributed by atoms with van der Waals surface area (Å²) in [7, 11) is 0. The van der Waals surface area contributed by atoms with Crippen LogP contribution in [0.25, 0.3) is 0 Å². The lowest BCUT2D eigenvalue weighted by Gasteiger charge is -2.17. The minimum atomic E-state index is -0.541. The van der Waals surface area contributed by atoms with Gasteiger partial charge in [0, 0.05) is 16.5 Å². The molecule has 2 nitrogen and oxygen atoms in total. The van der Waals surface area contributed by atoms with Crippen LogP contribution in [0.15, 0.2) is 10.5 Å². The average molecular weight is 270 g/mol. The smallest absolute Gasteiger partial charge is 0.145 e. The summed E-state index contributed by atoms with van der Waals surface area (Å²) in [4.78, 5) is 0. The van der Waals surface area contributed by atoms with Crippen LogP contribution in [0, 0.1) is 17.1 Å². The van der Waals surface area contributed by atoms with E-state index in [9.17, 15) is 4.39 Å². The second-order valence-corrected chi connectivity index (χ2v) is 5.03. The van der Waals surface area contributed by atoms with Gasteiger partial charge in [-0.1, -0.05) is 15.9 Å². The van der Waals surface area contributed by atoms with Gasteiger partial charge in [0.1, 0.15) is 28.8 Å². The van der Waals surface area contributed by atoms with Crippen molar-refractivity contribution in [2.75, 3.05) is 0 Å². The maximum atomic E-state index is 13.4. The molecular formula is C11H9BrFNO. The van der Waals surface area contributed by atoms with Crippen LogP contribution in [0.5, 0.6) is 5.75 Å². The molecule has 15 heavy (non-hydrogen) atoms. The van der Waals surface area contributed by atoms with Gasteiger partial charge in [-0.3, -0.25) is 0 Å². The molecule has 1 aliphatic heterocycles. The number of rotatable bonds is 0. The lowest BCUT2D eigenvalue weighted by molar-refractivity contribution is 0.137. The second-order valence-electron chi connectivity index (χ2n) is 4.17. The molecular weight excluding hydrogens is 261 g/mol. The van der Waals surface area contributed by atoms with Crippen molar-refractivity contribution in [3.05, 3.63) is 27.5 Å². The van der Waals surface area contributed by atoms with E-state index in [1.165, 1.54) is 6.07 Å². The van der Waals surface area contributed by atoms with E-state index in [0.29, 0.717) is 16.6 Å². The highest BCUT2D eigenvalue weighted by Gasteiger charge is 2.34. The summed E-state index contributed by atoms with van der Waals surface area (Å²) < 4.78 is 19.7. The Bertz CT molecular complexity index is 476. The summed E-state index contributed by atoms with van der Waals surface area (Å²) >= 11 is 3.28. The third-order valence-electron chi connectivity index (χ3n) is 2.37. The van der Waals surface area contributed by atoms with E-state index in [1.54, 1.807) is 0 Å². The zero-order valence-electron chi connectivity index (χ0n) is 8.40. The number of halogens is 2. The van der Waals surface area contributed by atoms with E-state index >= 15 is 0 Å². The highest BCUT2D eigenvalue weighted by Crippen LogP contribution is 2.42. The Morgan fingerprint density at radius 3 is 2.87 bits per heavy atom. The van der Waals surface area contributed by atoms with Gasteiger partial charge < -0.3 is 4.74 Å². The number of nitrogens with zero attached hydrogens (tertiary/aromatic N) is 1. The Labute approximate surface area is 95.8 Å². The number of benzene rings is 1. The molecule has 0 aromatic heterocycles. The molecule has 2 rings (SSSR count). The molecule has 0 unspecified atom stereocenters. The minimum Gasteiger partial charge on any atom is -0.486 e. The number of hydrogen-bond donors (Lipinski definition) is 0. The Hall–Kier alpha value is -1.08. The van der Waals surface area contributed by atoms with Gasteiger partial charge in [-0.2, -0.15) is 5.26 Å². The Balaban J connectivity index is 2.68. The summed E-state index contributed by atoms with van der Waals surface area (Å²) in [5, 5.41) is 8.86. The highest BCUT2D eigenvalue weighted by molar-refractivity contribution is 9.10. The first-order valence-corrected chi connectivity index (χ1v) is 5.34. The topological polar surface area (TPSA) is 33.0 Å². The van der Waals surface area contributed by atoms with E-state index in [0.717, 1.165) is 5.56 Å².